The Kier molecular flexibility index (Phi) is 6.21. The van der Waals surface area contributed by atoms with E-state index in [1.807, 2.05) is 12.1 Å². The molecule has 1 N–H and O–H groups in total. The number of carbonyl (C=O) groups excluding carboxylic acids is 1. The summed E-state index contributed by atoms with van der Waals surface area (Å²) in [5.74, 6) is -0.555. The summed E-state index contributed by atoms with van der Waals surface area (Å²) in [7, 11) is 0. The maximum atomic E-state index is 13.2. The van der Waals surface area contributed by atoms with Gasteiger partial charge in [-0.25, -0.2) is 9.37 Å². The van der Waals surface area contributed by atoms with Crippen LogP contribution in [0, 0.1) is 5.82 Å². The van der Waals surface area contributed by atoms with Crippen LogP contribution in [0.5, 0.6) is 0 Å². The number of carbonyl (C=O) groups is 1. The molecule has 1 fully saturated rings. The van der Waals surface area contributed by atoms with Crippen molar-refractivity contribution < 1.29 is 13.9 Å². The van der Waals surface area contributed by atoms with Crippen LogP contribution in [0.1, 0.15) is 28.5 Å². The second kappa shape index (κ2) is 9.19. The number of imidazole rings is 1. The summed E-state index contributed by atoms with van der Waals surface area (Å²) in [6, 6.07) is 14.2. The summed E-state index contributed by atoms with van der Waals surface area (Å²) in [5.41, 5.74) is 3.34. The number of aromatic nitrogens is 2. The Bertz CT molecular complexity index is 1000. The van der Waals surface area contributed by atoms with Crippen molar-refractivity contribution in [3.63, 3.8) is 0 Å². The van der Waals surface area contributed by atoms with Crippen LogP contribution in [0.15, 0.2) is 61.1 Å². The van der Waals surface area contributed by atoms with Crippen LogP contribution in [0.2, 0.25) is 0 Å². The Labute approximate surface area is 175 Å². The molecule has 2 aromatic carbocycles. The summed E-state index contributed by atoms with van der Waals surface area (Å²) >= 11 is 0. The van der Waals surface area contributed by atoms with E-state index in [4.69, 9.17) is 4.74 Å². The molecule has 1 amide bonds. The van der Waals surface area contributed by atoms with Gasteiger partial charge in [-0.2, -0.15) is 0 Å². The number of nitrogens with zero attached hydrogens (tertiary/aromatic N) is 3. The summed E-state index contributed by atoms with van der Waals surface area (Å²) in [6.45, 7) is 5.99. The molecule has 0 radical (unpaired) electrons. The molecule has 0 saturated carbocycles. The van der Waals surface area contributed by atoms with Crippen LogP contribution in [-0.4, -0.2) is 46.2 Å². The lowest BCUT2D eigenvalue weighted by atomic mass is 10.1. The van der Waals surface area contributed by atoms with Crippen LogP contribution in [0.4, 0.5) is 4.39 Å². The molecule has 30 heavy (non-hydrogen) atoms. The van der Waals surface area contributed by atoms with Gasteiger partial charge in [0.05, 0.1) is 25.2 Å². The van der Waals surface area contributed by atoms with Crippen molar-refractivity contribution >= 4 is 5.91 Å². The van der Waals surface area contributed by atoms with Crippen LogP contribution in [0.25, 0.3) is 5.69 Å². The monoisotopic (exact) mass is 408 g/mol. The zero-order chi connectivity index (χ0) is 20.9. The number of morpholine rings is 1. The number of amides is 1. The maximum absolute atomic E-state index is 13.2. The molecule has 0 bridgehead atoms. The third-order valence-electron chi connectivity index (χ3n) is 5.15. The Morgan fingerprint density at radius 1 is 1.23 bits per heavy atom. The van der Waals surface area contributed by atoms with E-state index in [0.717, 1.165) is 31.8 Å². The quantitative estimate of drug-likeness (QED) is 0.681. The van der Waals surface area contributed by atoms with E-state index >= 15 is 0 Å². The molecule has 156 valence electrons. The lowest BCUT2D eigenvalue weighted by molar-refractivity contribution is -0.0212. The minimum atomic E-state index is -0.323. The molecule has 3 aromatic rings. The predicted octanol–water partition coefficient (Wildman–Crippen LogP) is 3.16. The number of ether oxygens (including phenoxy) is 1. The molecule has 1 aromatic heterocycles. The van der Waals surface area contributed by atoms with Gasteiger partial charge in [0.15, 0.2) is 0 Å². The predicted molar refractivity (Wildman–Crippen MR) is 112 cm³/mol. The zero-order valence-electron chi connectivity index (χ0n) is 16.9. The molecular formula is C23H25FN4O2. The minimum absolute atomic E-state index is 0.232. The number of nitrogens with one attached hydrogen (secondary N) is 1. The first-order valence-corrected chi connectivity index (χ1v) is 10.1. The summed E-state index contributed by atoms with van der Waals surface area (Å²) in [4.78, 5) is 19.2. The Morgan fingerprint density at radius 2 is 2.03 bits per heavy atom. The van der Waals surface area contributed by atoms with Crippen molar-refractivity contribution in [1.29, 1.82) is 0 Å². The minimum Gasteiger partial charge on any atom is -0.376 e. The number of hydrogen-bond acceptors (Lipinski definition) is 4. The maximum Gasteiger partial charge on any atom is 0.270 e. The first-order chi connectivity index (χ1) is 14.6. The van der Waals surface area contributed by atoms with Gasteiger partial charge in [0.1, 0.15) is 11.5 Å². The van der Waals surface area contributed by atoms with Crippen molar-refractivity contribution in [1.82, 2.24) is 19.8 Å². The molecule has 1 saturated heterocycles. The highest BCUT2D eigenvalue weighted by molar-refractivity contribution is 5.92. The van der Waals surface area contributed by atoms with E-state index in [2.05, 4.69) is 34.3 Å². The third-order valence-corrected chi connectivity index (χ3v) is 5.15. The molecule has 6 nitrogen and oxygen atoms in total. The Hall–Kier alpha value is -3.03. The van der Waals surface area contributed by atoms with Gasteiger partial charge < -0.3 is 10.1 Å². The molecule has 0 aliphatic carbocycles. The highest BCUT2D eigenvalue weighted by Crippen LogP contribution is 2.14. The fourth-order valence-electron chi connectivity index (χ4n) is 3.67. The van der Waals surface area contributed by atoms with E-state index in [0.29, 0.717) is 17.9 Å². The van der Waals surface area contributed by atoms with E-state index < -0.39 is 0 Å². The van der Waals surface area contributed by atoms with Gasteiger partial charge in [-0.05, 0) is 42.3 Å². The highest BCUT2D eigenvalue weighted by atomic mass is 19.1. The van der Waals surface area contributed by atoms with Crippen LogP contribution >= 0.6 is 0 Å². The molecule has 1 unspecified atom stereocenters. The third kappa shape index (κ3) is 4.93. The molecule has 1 aliphatic rings. The van der Waals surface area contributed by atoms with Gasteiger partial charge in [0.25, 0.3) is 5.91 Å². The molecule has 1 atom stereocenters. The summed E-state index contributed by atoms with van der Waals surface area (Å²) < 4.78 is 20.4. The van der Waals surface area contributed by atoms with Crippen LogP contribution in [-0.2, 0) is 17.8 Å². The van der Waals surface area contributed by atoms with Crippen LogP contribution < -0.4 is 5.32 Å². The molecule has 4 rings (SSSR count). The van der Waals surface area contributed by atoms with Gasteiger partial charge in [-0.3, -0.25) is 14.3 Å². The van der Waals surface area contributed by atoms with E-state index in [9.17, 15) is 9.18 Å². The Balaban J connectivity index is 1.39. The first-order valence-electron chi connectivity index (χ1n) is 10.1. The van der Waals surface area contributed by atoms with Gasteiger partial charge in [0, 0.05) is 31.9 Å². The molecule has 2 heterocycles. The first kappa shape index (κ1) is 20.3. The van der Waals surface area contributed by atoms with Crippen LogP contribution in [0.3, 0.4) is 0 Å². The second-order valence-corrected chi connectivity index (χ2v) is 7.54. The summed E-state index contributed by atoms with van der Waals surface area (Å²) in [6.07, 6.45) is 3.31. The van der Waals surface area contributed by atoms with Gasteiger partial charge in [0.2, 0.25) is 0 Å². The second-order valence-electron chi connectivity index (χ2n) is 7.54. The molecule has 1 aliphatic heterocycles. The van der Waals surface area contributed by atoms with Crippen molar-refractivity contribution in [3.8, 4) is 5.69 Å². The van der Waals surface area contributed by atoms with E-state index in [-0.39, 0.29) is 17.8 Å². The number of rotatable bonds is 6. The van der Waals surface area contributed by atoms with Crippen molar-refractivity contribution in [2.75, 3.05) is 19.7 Å². The normalized spacial score (nSPS) is 17.1. The van der Waals surface area contributed by atoms with Gasteiger partial charge in [-0.15, -0.1) is 0 Å². The average Bonchev–Trinajstić information content (AvgIpc) is 3.23. The SMILES string of the molecule is CC1CN(Cc2cccc(CNC(=O)c3cncn3-c3ccc(F)cc3)c2)CCO1. The average molecular weight is 408 g/mol. The highest BCUT2D eigenvalue weighted by Gasteiger charge is 2.17. The smallest absolute Gasteiger partial charge is 0.270 e. The Morgan fingerprint density at radius 3 is 2.83 bits per heavy atom. The number of benzene rings is 2. The molecular weight excluding hydrogens is 383 g/mol. The van der Waals surface area contributed by atoms with Crippen molar-refractivity contribution in [2.45, 2.75) is 26.1 Å². The zero-order valence-corrected chi connectivity index (χ0v) is 16.9. The number of hydrogen-bond donors (Lipinski definition) is 1. The fraction of sp³-hybridized carbons (Fsp3) is 0.304. The molecule has 7 heteroatoms. The topological polar surface area (TPSA) is 59.4 Å². The van der Waals surface area contributed by atoms with Gasteiger partial charge in [-0.1, -0.05) is 24.3 Å². The molecule has 0 spiro atoms. The fourth-order valence-corrected chi connectivity index (χ4v) is 3.67. The van der Waals surface area contributed by atoms with Gasteiger partial charge >= 0.3 is 0 Å². The van der Waals surface area contributed by atoms with Crippen molar-refractivity contribution in [3.05, 3.63) is 83.7 Å². The summed E-state index contributed by atoms with van der Waals surface area (Å²) in [5, 5.41) is 2.95. The lowest BCUT2D eigenvalue weighted by Gasteiger charge is -2.31. The van der Waals surface area contributed by atoms with E-state index in [1.165, 1.54) is 23.9 Å². The largest absolute Gasteiger partial charge is 0.376 e. The standard InChI is InChI=1S/C23H25FN4O2/c1-17-14-27(9-10-30-17)15-19-4-2-3-18(11-19)12-26-23(29)22-13-25-16-28(22)21-7-5-20(24)6-8-21/h2-8,11,13,16-17H,9-10,12,14-15H2,1H3,(H,26,29). The van der Waals surface area contributed by atoms with E-state index in [1.54, 1.807) is 23.0 Å². The number of halogens is 1. The lowest BCUT2D eigenvalue weighted by Crippen LogP contribution is -2.40. The van der Waals surface area contributed by atoms with Crippen molar-refractivity contribution in [2.24, 2.45) is 0 Å².